The van der Waals surface area contributed by atoms with E-state index >= 15 is 0 Å². The van der Waals surface area contributed by atoms with Crippen LogP contribution in [0, 0.1) is 16.0 Å². The SMILES string of the molecule is COc1ccc(C(=O)c2cccc(NCC(=O)NCC3CCN(C(C)C)CC3)c2[N+](=O)[O-])cc1. The van der Waals surface area contributed by atoms with Crippen LogP contribution >= 0.6 is 0 Å². The van der Waals surface area contributed by atoms with Gasteiger partial charge in [-0.3, -0.25) is 19.7 Å². The Labute approximate surface area is 199 Å². The summed E-state index contributed by atoms with van der Waals surface area (Å²) in [5.41, 5.74) is 0.0433. The van der Waals surface area contributed by atoms with Gasteiger partial charge < -0.3 is 20.3 Å². The number of nitrogens with zero attached hydrogens (tertiary/aromatic N) is 2. The van der Waals surface area contributed by atoms with Crippen LogP contribution in [0.15, 0.2) is 42.5 Å². The van der Waals surface area contributed by atoms with Crippen molar-refractivity contribution in [3.63, 3.8) is 0 Å². The van der Waals surface area contributed by atoms with Gasteiger partial charge in [0, 0.05) is 18.2 Å². The molecule has 2 aromatic rings. The van der Waals surface area contributed by atoms with Gasteiger partial charge in [0.05, 0.1) is 18.6 Å². The van der Waals surface area contributed by atoms with Crippen molar-refractivity contribution >= 4 is 23.1 Å². The second kappa shape index (κ2) is 11.6. The summed E-state index contributed by atoms with van der Waals surface area (Å²) in [6.45, 7) is 6.89. The molecule has 3 rings (SSSR count). The van der Waals surface area contributed by atoms with Crippen molar-refractivity contribution in [2.24, 2.45) is 5.92 Å². The molecule has 1 aliphatic heterocycles. The van der Waals surface area contributed by atoms with Crippen LogP contribution < -0.4 is 15.4 Å². The third-order valence-corrected chi connectivity index (χ3v) is 6.22. The van der Waals surface area contributed by atoms with E-state index in [2.05, 4.69) is 29.4 Å². The summed E-state index contributed by atoms with van der Waals surface area (Å²) in [6, 6.07) is 11.4. The van der Waals surface area contributed by atoms with E-state index in [1.165, 1.54) is 19.2 Å². The molecule has 2 N–H and O–H groups in total. The summed E-state index contributed by atoms with van der Waals surface area (Å²) < 4.78 is 5.09. The molecular weight excluding hydrogens is 436 g/mol. The molecule has 0 unspecified atom stereocenters. The minimum Gasteiger partial charge on any atom is -0.497 e. The number of ether oxygens (including phenoxy) is 1. The van der Waals surface area contributed by atoms with Crippen molar-refractivity contribution in [1.29, 1.82) is 0 Å². The van der Waals surface area contributed by atoms with E-state index in [0.717, 1.165) is 25.9 Å². The first kappa shape index (κ1) is 25.2. The lowest BCUT2D eigenvalue weighted by Gasteiger charge is -2.34. The zero-order valence-electron chi connectivity index (χ0n) is 19.9. The van der Waals surface area contributed by atoms with Crippen molar-refractivity contribution in [3.8, 4) is 5.75 Å². The Bertz CT molecular complexity index is 1010. The molecule has 0 radical (unpaired) electrons. The van der Waals surface area contributed by atoms with Crippen LogP contribution in [0.5, 0.6) is 5.75 Å². The number of carbonyl (C=O) groups is 2. The standard InChI is InChI=1S/C25H32N4O5/c1-17(2)28-13-11-18(12-14-28)15-27-23(30)16-26-22-6-4-5-21(24(22)29(32)33)25(31)19-7-9-20(34-3)10-8-19/h4-10,17-18,26H,11-16H2,1-3H3,(H,27,30). The number of likely N-dealkylation sites (tertiary alicyclic amines) is 1. The number of benzene rings is 2. The second-order valence-electron chi connectivity index (χ2n) is 8.75. The molecule has 1 amide bonds. The summed E-state index contributed by atoms with van der Waals surface area (Å²) >= 11 is 0. The number of hydrogen-bond donors (Lipinski definition) is 2. The monoisotopic (exact) mass is 468 g/mol. The first-order valence-corrected chi connectivity index (χ1v) is 11.5. The van der Waals surface area contributed by atoms with Crippen molar-refractivity contribution in [2.45, 2.75) is 32.7 Å². The lowest BCUT2D eigenvalue weighted by molar-refractivity contribution is -0.384. The summed E-state index contributed by atoms with van der Waals surface area (Å²) in [5.74, 6) is 0.291. The van der Waals surface area contributed by atoms with Gasteiger partial charge in [-0.25, -0.2) is 0 Å². The molecule has 1 fully saturated rings. The number of anilines is 1. The summed E-state index contributed by atoms with van der Waals surface area (Å²) in [4.78, 5) is 39.0. The van der Waals surface area contributed by atoms with E-state index in [1.807, 2.05) is 0 Å². The number of para-hydroxylation sites is 1. The molecule has 34 heavy (non-hydrogen) atoms. The smallest absolute Gasteiger partial charge is 0.303 e. The highest BCUT2D eigenvalue weighted by atomic mass is 16.6. The molecule has 9 nitrogen and oxygen atoms in total. The van der Waals surface area contributed by atoms with E-state index in [0.29, 0.717) is 29.8 Å². The van der Waals surface area contributed by atoms with Gasteiger partial charge >= 0.3 is 5.69 Å². The van der Waals surface area contributed by atoms with Crippen LogP contribution in [-0.4, -0.2) is 60.8 Å². The lowest BCUT2D eigenvalue weighted by Crippen LogP contribution is -2.42. The Morgan fingerprint density at radius 3 is 2.41 bits per heavy atom. The number of amides is 1. The Morgan fingerprint density at radius 1 is 1.15 bits per heavy atom. The van der Waals surface area contributed by atoms with Crippen molar-refractivity contribution in [2.75, 3.05) is 38.6 Å². The molecule has 0 bridgehead atoms. The number of hydrogen-bond acceptors (Lipinski definition) is 7. The van der Waals surface area contributed by atoms with Gasteiger partial charge in [0.15, 0.2) is 5.78 Å². The Kier molecular flexibility index (Phi) is 8.59. The predicted octanol–water partition coefficient (Wildman–Crippen LogP) is 3.48. The zero-order chi connectivity index (χ0) is 24.7. The average molecular weight is 469 g/mol. The Hall–Kier alpha value is -3.46. The normalized spacial score (nSPS) is 14.6. The van der Waals surface area contributed by atoms with Crippen LogP contribution in [0.3, 0.4) is 0 Å². The lowest BCUT2D eigenvalue weighted by atomic mass is 9.96. The largest absolute Gasteiger partial charge is 0.497 e. The number of piperidine rings is 1. The first-order valence-electron chi connectivity index (χ1n) is 11.5. The van der Waals surface area contributed by atoms with Gasteiger partial charge in [-0.1, -0.05) is 6.07 Å². The van der Waals surface area contributed by atoms with Gasteiger partial charge in [0.25, 0.3) is 0 Å². The molecule has 0 spiro atoms. The highest BCUT2D eigenvalue weighted by molar-refractivity contribution is 6.12. The maximum Gasteiger partial charge on any atom is 0.303 e. The minimum absolute atomic E-state index is 0.0440. The minimum atomic E-state index is -0.598. The second-order valence-corrected chi connectivity index (χ2v) is 8.75. The van der Waals surface area contributed by atoms with Gasteiger partial charge in [-0.15, -0.1) is 0 Å². The molecule has 9 heteroatoms. The summed E-state index contributed by atoms with van der Waals surface area (Å²) in [5, 5.41) is 17.6. The van der Waals surface area contributed by atoms with Gasteiger partial charge in [-0.05, 0) is 82.1 Å². The highest BCUT2D eigenvalue weighted by Gasteiger charge is 2.26. The van der Waals surface area contributed by atoms with Gasteiger partial charge in [0.2, 0.25) is 5.91 Å². The number of rotatable bonds is 10. The van der Waals surface area contributed by atoms with Crippen LogP contribution in [0.1, 0.15) is 42.6 Å². The summed E-state index contributed by atoms with van der Waals surface area (Å²) in [6.07, 6.45) is 2.07. The summed E-state index contributed by atoms with van der Waals surface area (Å²) in [7, 11) is 1.52. The molecular formula is C25H32N4O5. The topological polar surface area (TPSA) is 114 Å². The van der Waals surface area contributed by atoms with Gasteiger partial charge in [0.1, 0.15) is 17.0 Å². The molecule has 0 aliphatic carbocycles. The fourth-order valence-electron chi connectivity index (χ4n) is 4.13. The van der Waals surface area contributed by atoms with E-state index in [9.17, 15) is 19.7 Å². The highest BCUT2D eigenvalue weighted by Crippen LogP contribution is 2.30. The predicted molar refractivity (Wildman–Crippen MR) is 130 cm³/mol. The maximum absolute atomic E-state index is 12.9. The van der Waals surface area contributed by atoms with Crippen LogP contribution in [0.4, 0.5) is 11.4 Å². The first-order chi connectivity index (χ1) is 16.3. The molecule has 1 heterocycles. The molecule has 0 atom stereocenters. The van der Waals surface area contributed by atoms with E-state index in [4.69, 9.17) is 4.74 Å². The number of methoxy groups -OCH3 is 1. The number of nitro groups is 1. The quantitative estimate of drug-likeness (QED) is 0.312. The van der Waals surface area contributed by atoms with E-state index < -0.39 is 10.7 Å². The molecule has 0 saturated carbocycles. The fraction of sp³-hybridized carbons (Fsp3) is 0.440. The molecule has 0 aromatic heterocycles. The van der Waals surface area contributed by atoms with Crippen molar-refractivity contribution in [3.05, 3.63) is 63.7 Å². The van der Waals surface area contributed by atoms with Crippen LogP contribution in [0.2, 0.25) is 0 Å². The molecule has 2 aromatic carbocycles. The van der Waals surface area contributed by atoms with E-state index in [1.54, 1.807) is 30.3 Å². The Morgan fingerprint density at radius 2 is 1.82 bits per heavy atom. The Balaban J connectivity index is 1.61. The van der Waals surface area contributed by atoms with Crippen LogP contribution in [0.25, 0.3) is 0 Å². The van der Waals surface area contributed by atoms with Gasteiger partial charge in [-0.2, -0.15) is 0 Å². The average Bonchev–Trinajstić information content (AvgIpc) is 2.85. The zero-order valence-corrected chi connectivity index (χ0v) is 19.9. The van der Waals surface area contributed by atoms with Crippen molar-refractivity contribution < 1.29 is 19.2 Å². The number of nitro benzene ring substituents is 1. The molecule has 1 aliphatic rings. The number of carbonyl (C=O) groups excluding carboxylic acids is 2. The van der Waals surface area contributed by atoms with Crippen molar-refractivity contribution in [1.82, 2.24) is 10.2 Å². The van der Waals surface area contributed by atoms with Crippen LogP contribution in [-0.2, 0) is 4.79 Å². The van der Waals surface area contributed by atoms with E-state index in [-0.39, 0.29) is 29.4 Å². The number of nitrogens with one attached hydrogen (secondary N) is 2. The third kappa shape index (κ3) is 6.32. The molecule has 182 valence electrons. The third-order valence-electron chi connectivity index (χ3n) is 6.22. The number of ketones is 1. The fourth-order valence-corrected chi connectivity index (χ4v) is 4.13. The molecule has 1 saturated heterocycles. The maximum atomic E-state index is 12.9.